The van der Waals surface area contributed by atoms with Crippen LogP contribution in [0.5, 0.6) is 0 Å². The monoisotopic (exact) mass is 626 g/mol. The van der Waals surface area contributed by atoms with Crippen molar-refractivity contribution in [1.29, 1.82) is 0 Å². The molecule has 0 heterocycles. The number of hydrogen-bond donors (Lipinski definition) is 0. The average Bonchev–Trinajstić information content (AvgIpc) is 2.73. The first-order valence-electron chi connectivity index (χ1n) is 8.74. The SMILES string of the molecule is Brc1ccccc1Sc1cccc[c]1[Bi]([c]1ccccc1)[c]1ccccc1. The molecule has 0 aliphatic heterocycles. The first-order valence-corrected chi connectivity index (χ1v) is 15.6. The zero-order valence-corrected chi connectivity index (χ0v) is 20.5. The van der Waals surface area contributed by atoms with Crippen LogP contribution in [0.15, 0.2) is 123 Å². The van der Waals surface area contributed by atoms with E-state index in [1.807, 2.05) is 11.8 Å². The van der Waals surface area contributed by atoms with Crippen LogP contribution in [0.2, 0.25) is 0 Å². The molecule has 0 saturated carbocycles. The molecule has 4 aromatic carbocycles. The van der Waals surface area contributed by atoms with Gasteiger partial charge in [0.05, 0.1) is 0 Å². The van der Waals surface area contributed by atoms with Crippen LogP contribution in [0.3, 0.4) is 0 Å². The molecule has 0 amide bonds. The molecular formula is C24H18BiBrS. The summed E-state index contributed by atoms with van der Waals surface area (Å²) in [6.45, 7) is 0. The van der Waals surface area contributed by atoms with Crippen molar-refractivity contribution in [3.8, 4) is 0 Å². The van der Waals surface area contributed by atoms with Crippen molar-refractivity contribution in [3.05, 3.63) is 114 Å². The number of rotatable bonds is 5. The summed E-state index contributed by atoms with van der Waals surface area (Å²) in [6, 6.07) is 39.6. The van der Waals surface area contributed by atoms with Gasteiger partial charge in [0.15, 0.2) is 0 Å². The van der Waals surface area contributed by atoms with Crippen LogP contribution in [-0.4, -0.2) is 21.8 Å². The number of benzene rings is 4. The van der Waals surface area contributed by atoms with Gasteiger partial charge in [-0.15, -0.1) is 0 Å². The Morgan fingerprint density at radius 1 is 0.519 bits per heavy atom. The van der Waals surface area contributed by atoms with E-state index in [0.717, 1.165) is 4.47 Å². The van der Waals surface area contributed by atoms with E-state index in [9.17, 15) is 0 Å². The molecule has 0 bridgehead atoms. The summed E-state index contributed by atoms with van der Waals surface area (Å²) in [7, 11) is 0. The van der Waals surface area contributed by atoms with E-state index < -0.39 is 21.8 Å². The maximum atomic E-state index is 3.70. The normalized spacial score (nSPS) is 10.9. The Morgan fingerprint density at radius 2 is 1.00 bits per heavy atom. The Kier molecular flexibility index (Phi) is 6.45. The van der Waals surface area contributed by atoms with Crippen molar-refractivity contribution in [2.24, 2.45) is 0 Å². The van der Waals surface area contributed by atoms with Gasteiger partial charge in [0.25, 0.3) is 0 Å². The molecule has 0 unspecified atom stereocenters. The van der Waals surface area contributed by atoms with Gasteiger partial charge in [-0.2, -0.15) is 0 Å². The van der Waals surface area contributed by atoms with Crippen LogP contribution in [0, 0.1) is 0 Å². The average molecular weight is 627 g/mol. The van der Waals surface area contributed by atoms with Gasteiger partial charge in [0.1, 0.15) is 0 Å². The standard InChI is InChI=1S/C12H8BrS.2C6H5.Bi/c13-11-8-4-5-9-12(11)14-10-6-2-1-3-7-10;2*1-2-4-6-5-3-1;/h1-6,8-9H;2*1-5H;. The summed E-state index contributed by atoms with van der Waals surface area (Å²) in [5.74, 6) is 0. The van der Waals surface area contributed by atoms with Crippen LogP contribution >= 0.6 is 27.7 Å². The maximum absolute atomic E-state index is 3.70. The van der Waals surface area contributed by atoms with Crippen LogP contribution in [0.4, 0.5) is 0 Å². The molecule has 0 fully saturated rings. The molecule has 0 radical (unpaired) electrons. The molecule has 0 saturated heterocycles. The van der Waals surface area contributed by atoms with Crippen molar-refractivity contribution in [3.63, 3.8) is 0 Å². The second-order valence-electron chi connectivity index (χ2n) is 6.01. The molecule has 0 atom stereocenters. The predicted octanol–water partition coefficient (Wildman–Crippen LogP) is 5.12. The fourth-order valence-electron chi connectivity index (χ4n) is 2.96. The molecule has 0 aliphatic carbocycles. The first kappa shape index (κ1) is 18.9. The fraction of sp³-hybridized carbons (Fsp3) is 0. The first-order chi connectivity index (χ1) is 13.3. The second-order valence-corrected chi connectivity index (χ2v) is 16.4. The molecule has 0 spiro atoms. The van der Waals surface area contributed by atoms with Crippen LogP contribution in [0.1, 0.15) is 0 Å². The van der Waals surface area contributed by atoms with Gasteiger partial charge in [0.2, 0.25) is 0 Å². The topological polar surface area (TPSA) is 0 Å². The van der Waals surface area contributed by atoms with Crippen LogP contribution in [0.25, 0.3) is 0 Å². The van der Waals surface area contributed by atoms with Gasteiger partial charge < -0.3 is 0 Å². The molecule has 0 N–H and O–H groups in total. The third-order valence-corrected chi connectivity index (χ3v) is 16.6. The van der Waals surface area contributed by atoms with Crippen molar-refractivity contribution >= 4 is 59.3 Å². The zero-order chi connectivity index (χ0) is 18.5. The van der Waals surface area contributed by atoms with Gasteiger partial charge in [-0.05, 0) is 0 Å². The van der Waals surface area contributed by atoms with Gasteiger partial charge in [-0.1, -0.05) is 0 Å². The Hall–Kier alpha value is -1.41. The van der Waals surface area contributed by atoms with E-state index >= 15 is 0 Å². The van der Waals surface area contributed by atoms with Gasteiger partial charge >= 0.3 is 183 Å². The minimum atomic E-state index is -2.36. The summed E-state index contributed by atoms with van der Waals surface area (Å²) in [5.41, 5.74) is 0. The Labute approximate surface area is 181 Å². The summed E-state index contributed by atoms with van der Waals surface area (Å²) in [5, 5.41) is 0. The van der Waals surface area contributed by atoms with Crippen LogP contribution in [-0.2, 0) is 0 Å². The van der Waals surface area contributed by atoms with Crippen molar-refractivity contribution in [2.75, 3.05) is 0 Å². The van der Waals surface area contributed by atoms with Gasteiger partial charge in [0, 0.05) is 0 Å². The molecule has 27 heavy (non-hydrogen) atoms. The third kappa shape index (κ3) is 4.54. The Balaban J connectivity index is 1.83. The Morgan fingerprint density at radius 3 is 1.59 bits per heavy atom. The molecule has 4 rings (SSSR count). The summed E-state index contributed by atoms with van der Waals surface area (Å²) in [6.07, 6.45) is 0. The van der Waals surface area contributed by atoms with Gasteiger partial charge in [-0.3, -0.25) is 0 Å². The summed E-state index contributed by atoms with van der Waals surface area (Å²) < 4.78 is 5.71. The third-order valence-electron chi connectivity index (χ3n) is 4.19. The van der Waals surface area contributed by atoms with Crippen molar-refractivity contribution in [2.45, 2.75) is 9.79 Å². The fourth-order valence-corrected chi connectivity index (χ4v) is 14.7. The summed E-state index contributed by atoms with van der Waals surface area (Å²) in [4.78, 5) is 2.63. The molecule has 132 valence electrons. The van der Waals surface area contributed by atoms with E-state index in [-0.39, 0.29) is 0 Å². The molecule has 4 aromatic rings. The van der Waals surface area contributed by atoms with E-state index in [1.165, 1.54) is 19.6 Å². The zero-order valence-electron chi connectivity index (χ0n) is 14.6. The van der Waals surface area contributed by atoms with E-state index in [0.29, 0.717) is 0 Å². The molecular weight excluding hydrogens is 609 g/mol. The number of halogens is 1. The van der Waals surface area contributed by atoms with E-state index in [2.05, 4.69) is 125 Å². The molecule has 0 aromatic heterocycles. The Bertz CT molecular complexity index is 979. The minimum absolute atomic E-state index is 1.15. The quantitative estimate of drug-likeness (QED) is 0.277. The number of hydrogen-bond acceptors (Lipinski definition) is 1. The van der Waals surface area contributed by atoms with Crippen LogP contribution < -0.4 is 9.81 Å². The van der Waals surface area contributed by atoms with Crippen molar-refractivity contribution < 1.29 is 0 Å². The van der Waals surface area contributed by atoms with Gasteiger partial charge in [-0.25, -0.2) is 0 Å². The second kappa shape index (κ2) is 9.19. The van der Waals surface area contributed by atoms with E-state index in [4.69, 9.17) is 0 Å². The molecule has 3 heteroatoms. The van der Waals surface area contributed by atoms with E-state index in [1.54, 1.807) is 0 Å². The summed E-state index contributed by atoms with van der Waals surface area (Å²) >= 11 is 3.21. The molecule has 0 nitrogen and oxygen atoms in total. The van der Waals surface area contributed by atoms with Crippen molar-refractivity contribution in [1.82, 2.24) is 0 Å². The predicted molar refractivity (Wildman–Crippen MR) is 122 cm³/mol. The molecule has 0 aliphatic rings.